The smallest absolute Gasteiger partial charge is 0.267 e. The summed E-state index contributed by atoms with van der Waals surface area (Å²) in [5, 5.41) is 3.56. The van der Waals surface area contributed by atoms with Crippen molar-refractivity contribution in [2.24, 2.45) is 0 Å². The van der Waals surface area contributed by atoms with Gasteiger partial charge in [0.05, 0.1) is 10.5 Å². The molecule has 1 amide bonds. The number of aromatic nitrogens is 2. The molecule has 1 aliphatic carbocycles. The Labute approximate surface area is 243 Å². The number of fused-ring (bicyclic) bond motifs is 1. The highest BCUT2D eigenvalue weighted by atomic mass is 32.2. The molecule has 0 atom stereocenters. The number of pyridine rings is 1. The average Bonchev–Trinajstić information content (AvgIpc) is 3.20. The molecule has 0 aromatic carbocycles. The summed E-state index contributed by atoms with van der Waals surface area (Å²) in [6.07, 6.45) is 21.7. The molecule has 2 aromatic heterocycles. The van der Waals surface area contributed by atoms with Crippen molar-refractivity contribution in [1.29, 1.82) is 0 Å². The molecule has 1 aliphatic heterocycles. The molecule has 3 heterocycles. The largest absolute Gasteiger partial charge is 0.367 e. The molecule has 8 heteroatoms. The molecule has 212 valence electrons. The molecule has 39 heavy (non-hydrogen) atoms. The Morgan fingerprint density at radius 3 is 2.38 bits per heavy atom. The minimum absolute atomic E-state index is 0.0988. The number of carbonyl (C=O) groups is 1. The molecule has 0 bridgehead atoms. The Morgan fingerprint density at radius 2 is 1.69 bits per heavy atom. The van der Waals surface area contributed by atoms with Crippen molar-refractivity contribution in [2.75, 3.05) is 11.9 Å². The summed E-state index contributed by atoms with van der Waals surface area (Å²) in [4.78, 5) is 34.1. The summed E-state index contributed by atoms with van der Waals surface area (Å²) in [6.45, 7) is 4.85. The Hall–Kier alpha value is -2.19. The number of nitrogens with zero attached hydrogens (tertiary/aromatic N) is 3. The van der Waals surface area contributed by atoms with Gasteiger partial charge in [-0.25, -0.2) is 4.98 Å². The fraction of sp³-hybridized carbons (Fsp3) is 0.613. The number of hydrogen-bond acceptors (Lipinski definition) is 6. The minimum Gasteiger partial charge on any atom is -0.367 e. The second kappa shape index (κ2) is 15.0. The van der Waals surface area contributed by atoms with Crippen LogP contribution in [0.2, 0.25) is 0 Å². The quantitative estimate of drug-likeness (QED) is 0.142. The lowest BCUT2D eigenvalue weighted by Crippen LogP contribution is -2.29. The zero-order chi connectivity index (χ0) is 27.6. The second-order valence-electron chi connectivity index (χ2n) is 11.1. The monoisotopic (exact) mass is 568 g/mol. The van der Waals surface area contributed by atoms with Crippen LogP contribution >= 0.6 is 24.0 Å². The lowest BCUT2D eigenvalue weighted by Gasteiger charge is -2.24. The molecule has 6 nitrogen and oxygen atoms in total. The number of hydrogen-bond donors (Lipinski definition) is 1. The summed E-state index contributed by atoms with van der Waals surface area (Å²) >= 11 is 6.88. The second-order valence-corrected chi connectivity index (χ2v) is 12.7. The summed E-state index contributed by atoms with van der Waals surface area (Å²) in [6, 6.07) is 4.11. The van der Waals surface area contributed by atoms with Crippen molar-refractivity contribution in [1.82, 2.24) is 14.3 Å². The van der Waals surface area contributed by atoms with E-state index < -0.39 is 0 Å². The number of nitrogens with one attached hydrogen (secondary N) is 1. The minimum atomic E-state index is -0.165. The van der Waals surface area contributed by atoms with Crippen LogP contribution in [0.25, 0.3) is 11.7 Å². The maximum atomic E-state index is 13.6. The number of aryl methyl sites for hydroxylation is 1. The van der Waals surface area contributed by atoms with Crippen LogP contribution in [0.15, 0.2) is 28.0 Å². The van der Waals surface area contributed by atoms with Gasteiger partial charge in [-0.05, 0) is 43.9 Å². The first-order valence-corrected chi connectivity index (χ1v) is 16.3. The molecule has 1 saturated carbocycles. The van der Waals surface area contributed by atoms with E-state index in [9.17, 15) is 9.59 Å². The van der Waals surface area contributed by atoms with Crippen molar-refractivity contribution in [3.8, 4) is 0 Å². The van der Waals surface area contributed by atoms with Crippen LogP contribution in [0.3, 0.4) is 0 Å². The van der Waals surface area contributed by atoms with E-state index in [4.69, 9.17) is 17.2 Å². The van der Waals surface area contributed by atoms with Gasteiger partial charge in [-0.3, -0.25) is 18.9 Å². The van der Waals surface area contributed by atoms with Gasteiger partial charge in [0.2, 0.25) is 0 Å². The van der Waals surface area contributed by atoms with Crippen molar-refractivity contribution < 1.29 is 4.79 Å². The Bertz CT molecular complexity index is 1230. The van der Waals surface area contributed by atoms with E-state index in [0.717, 1.165) is 31.2 Å². The van der Waals surface area contributed by atoms with Gasteiger partial charge in [0.25, 0.3) is 11.5 Å². The number of thiocarbonyl (C=S) groups is 1. The topological polar surface area (TPSA) is 66.7 Å². The van der Waals surface area contributed by atoms with Crippen molar-refractivity contribution >= 4 is 51.7 Å². The zero-order valence-corrected chi connectivity index (χ0v) is 25.3. The molecular weight excluding hydrogens is 525 g/mol. The van der Waals surface area contributed by atoms with Gasteiger partial charge in [-0.15, -0.1) is 0 Å². The van der Waals surface area contributed by atoms with E-state index in [1.165, 1.54) is 82.4 Å². The van der Waals surface area contributed by atoms with Crippen molar-refractivity contribution in [3.05, 3.63) is 44.7 Å². The Balaban J connectivity index is 1.42. The maximum Gasteiger partial charge on any atom is 0.267 e. The van der Waals surface area contributed by atoms with E-state index in [0.29, 0.717) is 32.8 Å². The number of thioether (sulfide) groups is 1. The van der Waals surface area contributed by atoms with E-state index in [1.807, 2.05) is 19.1 Å². The first-order valence-electron chi connectivity index (χ1n) is 15.0. The average molecular weight is 569 g/mol. The van der Waals surface area contributed by atoms with Crippen LogP contribution in [0.5, 0.6) is 0 Å². The lowest BCUT2D eigenvalue weighted by atomic mass is 9.95. The molecule has 1 N–H and O–H groups in total. The Kier molecular flexibility index (Phi) is 11.4. The van der Waals surface area contributed by atoms with Gasteiger partial charge in [-0.2, -0.15) is 0 Å². The summed E-state index contributed by atoms with van der Waals surface area (Å²) < 4.78 is 2.16. The molecule has 0 spiro atoms. The van der Waals surface area contributed by atoms with Crippen LogP contribution in [-0.2, 0) is 4.79 Å². The van der Waals surface area contributed by atoms with Crippen LogP contribution in [0.4, 0.5) is 5.82 Å². The standard InChI is InChI=1S/C31H44N4O2S2/c1-3-4-5-6-7-8-9-10-11-15-20-35-30(37)26(39-31(35)38)22-25-27(32-24-18-13-12-14-19-24)33-28-23(2)17-16-21-34(28)29(25)36/h16-17,21-22,24,32H,3-15,18-20H2,1-2H3/b26-22+. The van der Waals surface area contributed by atoms with Gasteiger partial charge in [-0.1, -0.05) is 114 Å². The number of amides is 1. The molecule has 2 aliphatic rings. The van der Waals surface area contributed by atoms with Crippen molar-refractivity contribution in [3.63, 3.8) is 0 Å². The van der Waals surface area contributed by atoms with E-state index >= 15 is 0 Å². The maximum absolute atomic E-state index is 13.6. The molecule has 0 radical (unpaired) electrons. The highest BCUT2D eigenvalue weighted by Crippen LogP contribution is 2.34. The van der Waals surface area contributed by atoms with Gasteiger partial charge in [0, 0.05) is 18.8 Å². The van der Waals surface area contributed by atoms with E-state index in [1.54, 1.807) is 21.6 Å². The van der Waals surface area contributed by atoms with Gasteiger partial charge in [0.1, 0.15) is 15.8 Å². The highest BCUT2D eigenvalue weighted by Gasteiger charge is 2.32. The summed E-state index contributed by atoms with van der Waals surface area (Å²) in [5.74, 6) is 0.472. The third kappa shape index (κ3) is 7.94. The number of anilines is 1. The number of rotatable bonds is 14. The first-order chi connectivity index (χ1) is 19.0. The normalized spacial score (nSPS) is 17.6. The van der Waals surface area contributed by atoms with Crippen LogP contribution in [0, 0.1) is 6.92 Å². The number of unbranched alkanes of at least 4 members (excludes halogenated alkanes) is 9. The predicted octanol–water partition coefficient (Wildman–Crippen LogP) is 7.87. The van der Waals surface area contributed by atoms with E-state index in [-0.39, 0.29) is 17.5 Å². The van der Waals surface area contributed by atoms with Crippen molar-refractivity contribution in [2.45, 2.75) is 116 Å². The van der Waals surface area contributed by atoms with Gasteiger partial charge < -0.3 is 5.32 Å². The van der Waals surface area contributed by atoms with E-state index in [2.05, 4.69) is 12.2 Å². The predicted molar refractivity (Wildman–Crippen MR) is 168 cm³/mol. The van der Waals surface area contributed by atoms with Crippen LogP contribution in [0.1, 0.15) is 114 Å². The Morgan fingerprint density at radius 1 is 1.03 bits per heavy atom. The third-order valence-corrected chi connectivity index (χ3v) is 9.29. The fourth-order valence-corrected chi connectivity index (χ4v) is 6.86. The van der Waals surface area contributed by atoms with Gasteiger partial charge >= 0.3 is 0 Å². The first kappa shape index (κ1) is 29.8. The highest BCUT2D eigenvalue weighted by molar-refractivity contribution is 8.26. The number of carbonyl (C=O) groups excluding carboxylic acids is 1. The third-order valence-electron chi connectivity index (χ3n) is 7.91. The fourth-order valence-electron chi connectivity index (χ4n) is 5.57. The van der Waals surface area contributed by atoms with Crippen LogP contribution < -0.4 is 10.9 Å². The summed E-state index contributed by atoms with van der Waals surface area (Å²) in [7, 11) is 0. The molecule has 4 rings (SSSR count). The van der Waals surface area contributed by atoms with Gasteiger partial charge in [0.15, 0.2) is 0 Å². The lowest BCUT2D eigenvalue weighted by molar-refractivity contribution is -0.122. The molecule has 2 aromatic rings. The SMILES string of the molecule is CCCCCCCCCCCCN1C(=O)/C(=C\c2c(NC3CCCCC3)nc3c(C)cccn3c2=O)SC1=S. The summed E-state index contributed by atoms with van der Waals surface area (Å²) in [5.41, 5.74) is 1.85. The zero-order valence-electron chi connectivity index (χ0n) is 23.7. The van der Waals surface area contributed by atoms with Crippen LogP contribution in [-0.4, -0.2) is 37.1 Å². The molecular formula is C31H44N4O2S2. The molecule has 0 unspecified atom stereocenters. The molecule has 2 fully saturated rings. The molecule has 1 saturated heterocycles.